The molecule has 0 aromatic carbocycles. The number of aliphatic hydroxyl groups excluding tert-OH is 1. The summed E-state index contributed by atoms with van der Waals surface area (Å²) in [5.74, 6) is -0.0102. The van der Waals surface area contributed by atoms with Gasteiger partial charge in [0.05, 0.1) is 4.83 Å². The van der Waals surface area contributed by atoms with Gasteiger partial charge in [0.25, 0.3) is 0 Å². The summed E-state index contributed by atoms with van der Waals surface area (Å²) in [5, 5.41) is 11.7. The van der Waals surface area contributed by atoms with Gasteiger partial charge in [-0.05, 0) is 6.42 Å². The molecule has 0 aliphatic carbocycles. The highest BCUT2D eigenvalue weighted by Crippen LogP contribution is 2.12. The molecule has 78 valence electrons. The van der Waals surface area contributed by atoms with Crippen molar-refractivity contribution in [2.45, 2.75) is 32.0 Å². The summed E-state index contributed by atoms with van der Waals surface area (Å²) in [4.78, 5) is 11.2. The zero-order valence-electron chi connectivity index (χ0n) is 8.43. The Bertz CT molecular complexity index is 171. The van der Waals surface area contributed by atoms with Crippen molar-refractivity contribution in [3.8, 4) is 0 Å². The standard InChI is InChI=1S/C9H18BrNO2/c1-4-7(10)8(13)11-5-9(2,3)6-12/h7,12H,4-6H2,1-3H3,(H,11,13). The number of aliphatic hydroxyl groups is 1. The first kappa shape index (κ1) is 12.9. The summed E-state index contributed by atoms with van der Waals surface area (Å²) in [6.45, 7) is 6.33. The molecule has 0 saturated heterocycles. The van der Waals surface area contributed by atoms with Crippen LogP contribution in [0, 0.1) is 5.41 Å². The van der Waals surface area contributed by atoms with E-state index in [9.17, 15) is 4.79 Å². The highest BCUT2D eigenvalue weighted by atomic mass is 79.9. The van der Waals surface area contributed by atoms with E-state index in [1.165, 1.54) is 0 Å². The van der Waals surface area contributed by atoms with Crippen LogP contribution in [0.5, 0.6) is 0 Å². The Labute approximate surface area is 88.0 Å². The zero-order chi connectivity index (χ0) is 10.5. The smallest absolute Gasteiger partial charge is 0.233 e. The van der Waals surface area contributed by atoms with Gasteiger partial charge in [-0.1, -0.05) is 36.7 Å². The van der Waals surface area contributed by atoms with Gasteiger partial charge in [0, 0.05) is 18.6 Å². The topological polar surface area (TPSA) is 49.3 Å². The molecule has 1 amide bonds. The second-order valence-corrected chi connectivity index (χ2v) is 5.02. The van der Waals surface area contributed by atoms with Gasteiger partial charge in [0.15, 0.2) is 0 Å². The van der Waals surface area contributed by atoms with Gasteiger partial charge < -0.3 is 10.4 Å². The molecule has 0 saturated carbocycles. The molecular weight excluding hydrogens is 234 g/mol. The third-order valence-electron chi connectivity index (χ3n) is 1.81. The van der Waals surface area contributed by atoms with Crippen molar-refractivity contribution >= 4 is 21.8 Å². The van der Waals surface area contributed by atoms with Crippen molar-refractivity contribution in [2.24, 2.45) is 5.41 Å². The fourth-order valence-corrected chi connectivity index (χ4v) is 0.840. The largest absolute Gasteiger partial charge is 0.396 e. The van der Waals surface area contributed by atoms with Crippen LogP contribution in [0.3, 0.4) is 0 Å². The number of hydrogen-bond acceptors (Lipinski definition) is 2. The molecular formula is C9H18BrNO2. The first-order valence-electron chi connectivity index (χ1n) is 4.45. The summed E-state index contributed by atoms with van der Waals surface area (Å²) in [7, 11) is 0. The molecule has 0 aromatic rings. The molecule has 3 nitrogen and oxygen atoms in total. The molecule has 2 N–H and O–H groups in total. The first-order chi connectivity index (χ1) is 5.93. The Hall–Kier alpha value is -0.0900. The maximum absolute atomic E-state index is 11.3. The Morgan fingerprint density at radius 1 is 1.62 bits per heavy atom. The Morgan fingerprint density at radius 2 is 2.15 bits per heavy atom. The van der Waals surface area contributed by atoms with Crippen LogP contribution in [0.4, 0.5) is 0 Å². The third-order valence-corrected chi connectivity index (χ3v) is 2.88. The van der Waals surface area contributed by atoms with Crippen molar-refractivity contribution in [3.05, 3.63) is 0 Å². The minimum atomic E-state index is -0.240. The van der Waals surface area contributed by atoms with Crippen LogP contribution >= 0.6 is 15.9 Å². The average molecular weight is 252 g/mol. The SMILES string of the molecule is CCC(Br)C(=O)NCC(C)(C)CO. The molecule has 0 heterocycles. The predicted molar refractivity (Wildman–Crippen MR) is 56.9 cm³/mol. The van der Waals surface area contributed by atoms with Crippen LogP contribution in [0.2, 0.25) is 0 Å². The quantitative estimate of drug-likeness (QED) is 0.724. The number of rotatable bonds is 5. The van der Waals surface area contributed by atoms with E-state index in [-0.39, 0.29) is 22.8 Å². The number of halogens is 1. The minimum Gasteiger partial charge on any atom is -0.396 e. The molecule has 1 atom stereocenters. The first-order valence-corrected chi connectivity index (χ1v) is 5.37. The van der Waals surface area contributed by atoms with Crippen molar-refractivity contribution in [1.29, 1.82) is 0 Å². The Balaban J connectivity index is 3.83. The number of carbonyl (C=O) groups is 1. The number of hydrogen-bond donors (Lipinski definition) is 2. The molecule has 0 spiro atoms. The summed E-state index contributed by atoms with van der Waals surface area (Å²) in [5.41, 5.74) is -0.240. The molecule has 0 aromatic heterocycles. The lowest BCUT2D eigenvalue weighted by Crippen LogP contribution is -2.39. The van der Waals surface area contributed by atoms with Crippen LogP contribution in [0.15, 0.2) is 0 Å². The van der Waals surface area contributed by atoms with E-state index in [1.54, 1.807) is 0 Å². The highest BCUT2D eigenvalue weighted by Gasteiger charge is 2.19. The van der Waals surface area contributed by atoms with Gasteiger partial charge in [-0.15, -0.1) is 0 Å². The molecule has 1 unspecified atom stereocenters. The maximum atomic E-state index is 11.3. The van der Waals surface area contributed by atoms with E-state index >= 15 is 0 Å². The van der Waals surface area contributed by atoms with Gasteiger partial charge in [0.1, 0.15) is 0 Å². The number of carbonyl (C=O) groups excluding carboxylic acids is 1. The number of amides is 1. The number of nitrogens with one attached hydrogen (secondary N) is 1. The van der Waals surface area contributed by atoms with Crippen LogP contribution < -0.4 is 5.32 Å². The van der Waals surface area contributed by atoms with E-state index in [2.05, 4.69) is 21.2 Å². The van der Waals surface area contributed by atoms with E-state index in [4.69, 9.17) is 5.11 Å². The third kappa shape index (κ3) is 5.26. The van der Waals surface area contributed by atoms with Crippen LogP contribution in [-0.4, -0.2) is 29.0 Å². The fourth-order valence-electron chi connectivity index (χ4n) is 0.678. The minimum absolute atomic E-state index is 0.0102. The molecule has 0 aliphatic rings. The van der Waals surface area contributed by atoms with Gasteiger partial charge in [-0.2, -0.15) is 0 Å². The van der Waals surface area contributed by atoms with Gasteiger partial charge in [-0.25, -0.2) is 0 Å². The maximum Gasteiger partial charge on any atom is 0.233 e. The lowest BCUT2D eigenvalue weighted by atomic mass is 9.95. The second kappa shape index (κ2) is 5.60. The van der Waals surface area contributed by atoms with Crippen LogP contribution in [-0.2, 0) is 4.79 Å². The van der Waals surface area contributed by atoms with E-state index in [0.29, 0.717) is 6.54 Å². The lowest BCUT2D eigenvalue weighted by Gasteiger charge is -2.22. The summed E-state index contributed by atoms with van der Waals surface area (Å²) in [6, 6.07) is 0. The Morgan fingerprint density at radius 3 is 2.54 bits per heavy atom. The molecule has 0 radical (unpaired) electrons. The molecule has 0 fully saturated rings. The Kier molecular flexibility index (Phi) is 5.56. The van der Waals surface area contributed by atoms with Gasteiger partial charge in [-0.3, -0.25) is 4.79 Å². The molecule has 4 heteroatoms. The second-order valence-electron chi connectivity index (χ2n) is 3.92. The summed E-state index contributed by atoms with van der Waals surface area (Å²) < 4.78 is 0. The van der Waals surface area contributed by atoms with Crippen molar-refractivity contribution in [3.63, 3.8) is 0 Å². The number of alkyl halides is 1. The fraction of sp³-hybridized carbons (Fsp3) is 0.889. The normalized spacial score (nSPS) is 13.9. The van der Waals surface area contributed by atoms with Crippen molar-refractivity contribution in [2.75, 3.05) is 13.2 Å². The van der Waals surface area contributed by atoms with Gasteiger partial charge >= 0.3 is 0 Å². The molecule has 13 heavy (non-hydrogen) atoms. The molecule has 0 bridgehead atoms. The summed E-state index contributed by atoms with van der Waals surface area (Å²) >= 11 is 3.26. The van der Waals surface area contributed by atoms with Gasteiger partial charge in [0.2, 0.25) is 5.91 Å². The van der Waals surface area contributed by atoms with Crippen molar-refractivity contribution in [1.82, 2.24) is 5.32 Å². The summed E-state index contributed by atoms with van der Waals surface area (Å²) in [6.07, 6.45) is 0.769. The predicted octanol–water partition coefficient (Wildman–Crippen LogP) is 1.29. The molecule has 0 aliphatic heterocycles. The highest BCUT2D eigenvalue weighted by molar-refractivity contribution is 9.10. The average Bonchev–Trinajstić information content (AvgIpc) is 2.13. The van der Waals surface area contributed by atoms with E-state index in [1.807, 2.05) is 20.8 Å². The van der Waals surface area contributed by atoms with E-state index in [0.717, 1.165) is 6.42 Å². The monoisotopic (exact) mass is 251 g/mol. The zero-order valence-corrected chi connectivity index (χ0v) is 10.0. The van der Waals surface area contributed by atoms with Crippen LogP contribution in [0.25, 0.3) is 0 Å². The van der Waals surface area contributed by atoms with Crippen LogP contribution in [0.1, 0.15) is 27.2 Å². The van der Waals surface area contributed by atoms with E-state index < -0.39 is 0 Å². The molecule has 0 rings (SSSR count). The van der Waals surface area contributed by atoms with Crippen molar-refractivity contribution < 1.29 is 9.90 Å². The lowest BCUT2D eigenvalue weighted by molar-refractivity contribution is -0.121.